The van der Waals surface area contributed by atoms with Crippen LogP contribution in [0.4, 0.5) is 5.69 Å². The zero-order valence-electron chi connectivity index (χ0n) is 13.3. The van der Waals surface area contributed by atoms with Crippen LogP contribution in [0.5, 0.6) is 0 Å². The third-order valence-electron chi connectivity index (χ3n) is 4.36. The molecule has 3 rings (SSSR count). The van der Waals surface area contributed by atoms with Crippen molar-refractivity contribution in [2.75, 3.05) is 13.1 Å². The van der Waals surface area contributed by atoms with E-state index in [4.69, 9.17) is 0 Å². The number of carbonyl (C=O) groups excluding carboxylic acids is 1. The highest BCUT2D eigenvalue weighted by molar-refractivity contribution is 6.07. The van der Waals surface area contributed by atoms with Crippen molar-refractivity contribution in [2.45, 2.75) is 6.42 Å². The van der Waals surface area contributed by atoms with E-state index in [1.54, 1.807) is 24.3 Å². The number of hydrogen-bond acceptors (Lipinski definition) is 5. The quantitative estimate of drug-likeness (QED) is 0.492. The number of benzene rings is 2. The van der Waals surface area contributed by atoms with Gasteiger partial charge in [-0.3, -0.25) is 14.9 Å². The molecule has 0 amide bonds. The molecule has 25 heavy (non-hydrogen) atoms. The van der Waals surface area contributed by atoms with Crippen LogP contribution in [0.2, 0.25) is 0 Å². The maximum atomic E-state index is 12.8. The van der Waals surface area contributed by atoms with Crippen LogP contribution in [0, 0.1) is 16.0 Å². The molecular formula is C18H16N2O5. The van der Waals surface area contributed by atoms with Gasteiger partial charge in [0.1, 0.15) is 0 Å². The standard InChI is InChI=1S/C18H16N2O5/c21-17(11-7-8-19-10-11)14-4-2-1-3-13(14)16-9-12(20(24)25)5-6-15(16)18(22)23/h1-6,9,11,19H,7-8,10H2,(H,22,23). The van der Waals surface area contributed by atoms with E-state index < -0.39 is 10.9 Å². The Hall–Kier alpha value is -3.06. The van der Waals surface area contributed by atoms with Crippen molar-refractivity contribution < 1.29 is 19.6 Å². The number of rotatable bonds is 5. The number of non-ortho nitro benzene ring substituents is 1. The minimum Gasteiger partial charge on any atom is -0.478 e. The van der Waals surface area contributed by atoms with Gasteiger partial charge in [0.2, 0.25) is 0 Å². The monoisotopic (exact) mass is 340 g/mol. The zero-order chi connectivity index (χ0) is 18.0. The fraction of sp³-hybridized carbons (Fsp3) is 0.222. The lowest BCUT2D eigenvalue weighted by Gasteiger charge is -2.14. The van der Waals surface area contributed by atoms with Crippen LogP contribution < -0.4 is 5.32 Å². The molecule has 2 aromatic carbocycles. The minimum atomic E-state index is -1.20. The molecule has 2 N–H and O–H groups in total. The molecule has 2 aromatic rings. The number of nitrogens with one attached hydrogen (secondary N) is 1. The molecule has 128 valence electrons. The van der Waals surface area contributed by atoms with E-state index in [2.05, 4.69) is 5.32 Å². The third-order valence-corrected chi connectivity index (χ3v) is 4.36. The van der Waals surface area contributed by atoms with Crippen LogP contribution in [0.1, 0.15) is 27.1 Å². The average molecular weight is 340 g/mol. The fourth-order valence-corrected chi connectivity index (χ4v) is 3.09. The molecule has 0 radical (unpaired) electrons. The van der Waals surface area contributed by atoms with Crippen molar-refractivity contribution >= 4 is 17.4 Å². The highest BCUT2D eigenvalue weighted by Crippen LogP contribution is 2.32. The smallest absolute Gasteiger partial charge is 0.336 e. The number of carboxylic acid groups (broad SMARTS) is 1. The molecule has 7 heteroatoms. The summed E-state index contributed by atoms with van der Waals surface area (Å²) in [5.41, 5.74) is 0.677. The Bertz CT molecular complexity index is 856. The van der Waals surface area contributed by atoms with Gasteiger partial charge in [0, 0.05) is 35.7 Å². The number of nitrogens with zero attached hydrogens (tertiary/aromatic N) is 1. The van der Waals surface area contributed by atoms with Gasteiger partial charge in [-0.2, -0.15) is 0 Å². The molecule has 0 bridgehead atoms. The van der Waals surface area contributed by atoms with E-state index in [-0.39, 0.29) is 28.5 Å². The SMILES string of the molecule is O=C(O)c1ccc([N+](=O)[O-])cc1-c1ccccc1C(=O)C1CCNC1. The van der Waals surface area contributed by atoms with E-state index in [1.807, 2.05) is 0 Å². The van der Waals surface area contributed by atoms with Gasteiger partial charge in [-0.05, 0) is 24.6 Å². The van der Waals surface area contributed by atoms with Gasteiger partial charge < -0.3 is 10.4 Å². The summed E-state index contributed by atoms with van der Waals surface area (Å²) in [7, 11) is 0. The molecule has 7 nitrogen and oxygen atoms in total. The van der Waals surface area contributed by atoms with Crippen LogP contribution in [-0.4, -0.2) is 34.9 Å². The van der Waals surface area contributed by atoms with Crippen LogP contribution in [0.15, 0.2) is 42.5 Å². The minimum absolute atomic E-state index is 0.0737. The second-order valence-electron chi connectivity index (χ2n) is 5.89. The summed E-state index contributed by atoms with van der Waals surface area (Å²) in [4.78, 5) is 34.9. The first-order valence-corrected chi connectivity index (χ1v) is 7.85. The zero-order valence-corrected chi connectivity index (χ0v) is 13.3. The van der Waals surface area contributed by atoms with Gasteiger partial charge in [0.25, 0.3) is 5.69 Å². The van der Waals surface area contributed by atoms with Gasteiger partial charge in [-0.25, -0.2) is 4.79 Å². The Kier molecular flexibility index (Phi) is 4.58. The van der Waals surface area contributed by atoms with Crippen molar-refractivity contribution in [2.24, 2.45) is 5.92 Å². The van der Waals surface area contributed by atoms with Gasteiger partial charge in [-0.1, -0.05) is 24.3 Å². The van der Waals surface area contributed by atoms with Crippen molar-refractivity contribution in [1.29, 1.82) is 0 Å². The summed E-state index contributed by atoms with van der Waals surface area (Å²) in [5.74, 6) is -1.45. The molecule has 1 aliphatic heterocycles. The Balaban J connectivity index is 2.16. The van der Waals surface area contributed by atoms with Gasteiger partial charge in [0.05, 0.1) is 10.5 Å². The first-order chi connectivity index (χ1) is 12.0. The summed E-state index contributed by atoms with van der Waals surface area (Å²) in [6.07, 6.45) is 0.716. The molecule has 0 spiro atoms. The largest absolute Gasteiger partial charge is 0.478 e. The molecule has 0 saturated carbocycles. The summed E-state index contributed by atoms with van der Waals surface area (Å²) in [5, 5.41) is 23.6. The van der Waals surface area contributed by atoms with Crippen molar-refractivity contribution in [3.05, 3.63) is 63.7 Å². The summed E-state index contributed by atoms with van der Waals surface area (Å²) in [6.45, 7) is 1.34. The number of nitro benzene ring substituents is 1. The van der Waals surface area contributed by atoms with E-state index >= 15 is 0 Å². The number of nitro groups is 1. The Labute approximate surface area is 143 Å². The van der Waals surface area contributed by atoms with Gasteiger partial charge in [0.15, 0.2) is 5.78 Å². The lowest BCUT2D eigenvalue weighted by molar-refractivity contribution is -0.384. The first-order valence-electron chi connectivity index (χ1n) is 7.85. The lowest BCUT2D eigenvalue weighted by Crippen LogP contribution is -2.18. The average Bonchev–Trinajstić information content (AvgIpc) is 3.15. The second kappa shape index (κ2) is 6.82. The molecule has 0 aliphatic carbocycles. The van der Waals surface area contributed by atoms with Crippen molar-refractivity contribution in [1.82, 2.24) is 5.32 Å². The van der Waals surface area contributed by atoms with Crippen molar-refractivity contribution in [3.63, 3.8) is 0 Å². The predicted octanol–water partition coefficient (Wildman–Crippen LogP) is 2.75. The maximum Gasteiger partial charge on any atom is 0.336 e. The Morgan fingerprint density at radius 1 is 1.12 bits per heavy atom. The number of Topliss-reactive ketones (excluding diaryl/α,β-unsaturated/α-hetero) is 1. The number of carbonyl (C=O) groups is 2. The fourth-order valence-electron chi connectivity index (χ4n) is 3.09. The number of hydrogen-bond donors (Lipinski definition) is 2. The normalized spacial score (nSPS) is 16.6. The Morgan fingerprint density at radius 3 is 2.52 bits per heavy atom. The topological polar surface area (TPSA) is 110 Å². The van der Waals surface area contributed by atoms with Crippen LogP contribution in [0.3, 0.4) is 0 Å². The molecule has 0 aromatic heterocycles. The summed E-state index contributed by atoms with van der Waals surface area (Å²) >= 11 is 0. The maximum absolute atomic E-state index is 12.8. The highest BCUT2D eigenvalue weighted by Gasteiger charge is 2.27. The number of ketones is 1. The molecule has 1 saturated heterocycles. The molecule has 1 unspecified atom stereocenters. The molecular weight excluding hydrogens is 324 g/mol. The van der Waals surface area contributed by atoms with E-state index in [1.165, 1.54) is 12.1 Å². The van der Waals surface area contributed by atoms with Gasteiger partial charge in [-0.15, -0.1) is 0 Å². The molecule has 1 fully saturated rings. The predicted molar refractivity (Wildman–Crippen MR) is 90.8 cm³/mol. The van der Waals surface area contributed by atoms with E-state index in [9.17, 15) is 24.8 Å². The summed E-state index contributed by atoms with van der Waals surface area (Å²) in [6, 6.07) is 10.2. The van der Waals surface area contributed by atoms with Crippen LogP contribution >= 0.6 is 0 Å². The molecule has 1 aliphatic rings. The van der Waals surface area contributed by atoms with Crippen molar-refractivity contribution in [3.8, 4) is 11.1 Å². The molecule has 1 atom stereocenters. The lowest BCUT2D eigenvalue weighted by atomic mass is 9.88. The third kappa shape index (κ3) is 3.27. The molecule has 1 heterocycles. The van der Waals surface area contributed by atoms with Gasteiger partial charge >= 0.3 is 5.97 Å². The first kappa shape index (κ1) is 16.8. The number of carboxylic acids is 1. The number of aromatic carboxylic acids is 1. The van der Waals surface area contributed by atoms with Crippen LogP contribution in [-0.2, 0) is 0 Å². The Morgan fingerprint density at radius 2 is 1.88 bits per heavy atom. The van der Waals surface area contributed by atoms with E-state index in [0.29, 0.717) is 24.1 Å². The summed E-state index contributed by atoms with van der Waals surface area (Å²) < 4.78 is 0. The van der Waals surface area contributed by atoms with E-state index in [0.717, 1.165) is 12.6 Å². The second-order valence-corrected chi connectivity index (χ2v) is 5.89. The van der Waals surface area contributed by atoms with Crippen LogP contribution in [0.25, 0.3) is 11.1 Å². The highest BCUT2D eigenvalue weighted by atomic mass is 16.6.